The smallest absolute Gasteiger partial charge is 0.243 e. The van der Waals surface area contributed by atoms with E-state index >= 15 is 0 Å². The highest BCUT2D eigenvalue weighted by Gasteiger charge is 2.62. The lowest BCUT2D eigenvalue weighted by Gasteiger charge is -2.30. The van der Waals surface area contributed by atoms with Gasteiger partial charge in [-0.1, -0.05) is 49.6 Å². The highest BCUT2D eigenvalue weighted by molar-refractivity contribution is 6.09. The highest BCUT2D eigenvalue weighted by atomic mass is 16.2. The Balaban J connectivity index is 1.41. The fraction of sp³-hybridized carbons (Fsp3) is 0.625. The van der Waals surface area contributed by atoms with Crippen LogP contribution in [0.5, 0.6) is 0 Å². The molecule has 1 aromatic carbocycles. The first kappa shape index (κ1) is 18.8. The van der Waals surface area contributed by atoms with E-state index in [-0.39, 0.29) is 35.6 Å². The van der Waals surface area contributed by atoms with Crippen molar-refractivity contribution in [2.45, 2.75) is 69.9 Å². The summed E-state index contributed by atoms with van der Waals surface area (Å²) >= 11 is 0. The van der Waals surface area contributed by atoms with Gasteiger partial charge < -0.3 is 5.32 Å². The third kappa shape index (κ3) is 3.28. The van der Waals surface area contributed by atoms with Gasteiger partial charge in [0.05, 0.1) is 11.8 Å². The van der Waals surface area contributed by atoms with Crippen LogP contribution in [0.15, 0.2) is 30.3 Å². The van der Waals surface area contributed by atoms with Crippen LogP contribution in [-0.4, -0.2) is 34.7 Å². The van der Waals surface area contributed by atoms with E-state index in [0.717, 1.165) is 50.5 Å². The van der Waals surface area contributed by atoms with Gasteiger partial charge in [-0.15, -0.1) is 0 Å². The van der Waals surface area contributed by atoms with Crippen molar-refractivity contribution in [3.8, 4) is 0 Å². The number of amides is 3. The molecule has 5 heteroatoms. The minimum absolute atomic E-state index is 0.0908. The van der Waals surface area contributed by atoms with E-state index in [0.29, 0.717) is 18.3 Å². The highest BCUT2D eigenvalue weighted by Crippen LogP contribution is 2.56. The van der Waals surface area contributed by atoms with Crippen LogP contribution < -0.4 is 5.32 Å². The van der Waals surface area contributed by atoms with Crippen LogP contribution >= 0.6 is 0 Å². The van der Waals surface area contributed by atoms with E-state index in [1.165, 1.54) is 11.3 Å². The predicted molar refractivity (Wildman–Crippen MR) is 109 cm³/mol. The number of benzene rings is 1. The fourth-order valence-electron chi connectivity index (χ4n) is 6.42. The molecular weight excluding hydrogens is 364 g/mol. The van der Waals surface area contributed by atoms with Gasteiger partial charge in [-0.25, -0.2) is 0 Å². The summed E-state index contributed by atoms with van der Waals surface area (Å²) in [6, 6.07) is 9.19. The van der Waals surface area contributed by atoms with Gasteiger partial charge in [-0.2, -0.15) is 0 Å². The first-order valence-corrected chi connectivity index (χ1v) is 11.3. The Morgan fingerprint density at radius 2 is 1.55 bits per heavy atom. The molecule has 2 bridgehead atoms. The van der Waals surface area contributed by atoms with Crippen molar-refractivity contribution >= 4 is 17.7 Å². The quantitative estimate of drug-likeness (QED) is 0.781. The van der Waals surface area contributed by atoms with Crippen molar-refractivity contribution in [3.63, 3.8) is 0 Å². The Labute approximate surface area is 172 Å². The Hall–Kier alpha value is -2.17. The van der Waals surface area contributed by atoms with Crippen LogP contribution in [0.25, 0.3) is 0 Å². The number of hydrogen-bond acceptors (Lipinski definition) is 3. The largest absolute Gasteiger partial charge is 0.352 e. The van der Waals surface area contributed by atoms with E-state index in [9.17, 15) is 14.4 Å². The normalized spacial score (nSPS) is 32.5. The van der Waals surface area contributed by atoms with E-state index in [1.807, 2.05) is 30.3 Å². The average molecular weight is 395 g/mol. The first-order valence-electron chi connectivity index (χ1n) is 11.3. The standard InChI is InChI=1S/C24H30N2O3/c27-22(25-18-9-5-2-6-10-18)19(13-15-7-3-1-4-8-15)26-23(28)20-16-11-12-17(14-16)21(20)24(26)29/h1,3-4,7-8,16-21H,2,5-6,9-14H2,(H,25,27)/t16-,17+,19-,20-,21+/m0/s1. The lowest BCUT2D eigenvalue weighted by molar-refractivity contribution is -0.149. The molecule has 3 saturated carbocycles. The number of nitrogens with zero attached hydrogens (tertiary/aromatic N) is 1. The molecule has 1 aliphatic heterocycles. The van der Waals surface area contributed by atoms with Gasteiger partial charge in [-0.05, 0) is 49.5 Å². The minimum Gasteiger partial charge on any atom is -0.352 e. The summed E-state index contributed by atoms with van der Waals surface area (Å²) in [6.07, 6.45) is 8.96. The second kappa shape index (κ2) is 7.58. The number of hydrogen-bond donors (Lipinski definition) is 1. The zero-order valence-corrected chi connectivity index (χ0v) is 16.9. The molecule has 0 spiro atoms. The van der Waals surface area contributed by atoms with Crippen molar-refractivity contribution in [3.05, 3.63) is 35.9 Å². The van der Waals surface area contributed by atoms with Gasteiger partial charge in [0.25, 0.3) is 0 Å². The van der Waals surface area contributed by atoms with Gasteiger partial charge in [0, 0.05) is 12.5 Å². The van der Waals surface area contributed by atoms with Crippen LogP contribution in [0, 0.1) is 23.7 Å². The number of likely N-dealkylation sites (tertiary alicyclic amines) is 1. The van der Waals surface area contributed by atoms with E-state index in [2.05, 4.69) is 5.32 Å². The molecular formula is C24H30N2O3. The maximum absolute atomic E-state index is 13.3. The summed E-state index contributed by atoms with van der Waals surface area (Å²) in [6.45, 7) is 0. The summed E-state index contributed by atoms with van der Waals surface area (Å²) < 4.78 is 0. The number of fused-ring (bicyclic) bond motifs is 5. The van der Waals surface area contributed by atoms with Crippen molar-refractivity contribution in [2.24, 2.45) is 23.7 Å². The monoisotopic (exact) mass is 394 g/mol. The summed E-state index contributed by atoms with van der Waals surface area (Å²) in [4.78, 5) is 41.4. The Kier molecular flexibility index (Phi) is 4.92. The molecule has 0 aromatic heterocycles. The second-order valence-electron chi connectivity index (χ2n) is 9.48. The molecule has 5 atom stereocenters. The van der Waals surface area contributed by atoms with Crippen LogP contribution in [-0.2, 0) is 20.8 Å². The Morgan fingerprint density at radius 3 is 2.17 bits per heavy atom. The third-order valence-electron chi connectivity index (χ3n) is 7.80. The van der Waals surface area contributed by atoms with E-state index in [1.54, 1.807) is 0 Å². The maximum atomic E-state index is 13.3. The number of carbonyl (C=O) groups is 3. The molecule has 29 heavy (non-hydrogen) atoms. The Bertz CT molecular complexity index is 774. The van der Waals surface area contributed by atoms with Gasteiger partial charge in [0.2, 0.25) is 17.7 Å². The van der Waals surface area contributed by atoms with Gasteiger partial charge in [0.15, 0.2) is 0 Å². The van der Waals surface area contributed by atoms with Crippen molar-refractivity contribution in [1.29, 1.82) is 0 Å². The molecule has 0 radical (unpaired) electrons. The third-order valence-corrected chi connectivity index (χ3v) is 7.80. The molecule has 3 amide bonds. The van der Waals surface area contributed by atoms with Crippen LogP contribution in [0.3, 0.4) is 0 Å². The van der Waals surface area contributed by atoms with Crippen LogP contribution in [0.4, 0.5) is 0 Å². The lowest BCUT2D eigenvalue weighted by atomic mass is 9.81. The maximum Gasteiger partial charge on any atom is 0.243 e. The summed E-state index contributed by atoms with van der Waals surface area (Å²) in [5, 5.41) is 3.18. The molecule has 3 aliphatic carbocycles. The summed E-state index contributed by atoms with van der Waals surface area (Å²) in [5.41, 5.74) is 0.983. The van der Waals surface area contributed by atoms with Crippen molar-refractivity contribution in [1.82, 2.24) is 10.2 Å². The molecule has 5 nitrogen and oxygen atoms in total. The van der Waals surface area contributed by atoms with Crippen molar-refractivity contribution < 1.29 is 14.4 Å². The summed E-state index contributed by atoms with van der Waals surface area (Å²) in [7, 11) is 0. The Morgan fingerprint density at radius 1 is 0.931 bits per heavy atom. The molecule has 1 N–H and O–H groups in total. The van der Waals surface area contributed by atoms with E-state index in [4.69, 9.17) is 0 Å². The van der Waals surface area contributed by atoms with Gasteiger partial charge in [-0.3, -0.25) is 19.3 Å². The lowest BCUT2D eigenvalue weighted by Crippen LogP contribution is -2.53. The van der Waals surface area contributed by atoms with Crippen LogP contribution in [0.2, 0.25) is 0 Å². The van der Waals surface area contributed by atoms with E-state index < -0.39 is 6.04 Å². The molecule has 154 valence electrons. The average Bonchev–Trinajstić information content (AvgIpc) is 3.42. The molecule has 0 unspecified atom stereocenters. The van der Waals surface area contributed by atoms with Crippen molar-refractivity contribution in [2.75, 3.05) is 0 Å². The zero-order chi connectivity index (χ0) is 20.0. The predicted octanol–water partition coefficient (Wildman–Crippen LogP) is 3.08. The summed E-state index contributed by atoms with van der Waals surface area (Å²) in [5.74, 6) is -0.0203. The SMILES string of the molecule is O=C(NC1CCCCC1)[C@H](Cc1ccccc1)N1C(=O)[C@@H]2[C@@H]3CC[C@@H](C3)[C@@H]2C1=O. The molecule has 4 aliphatic rings. The molecule has 1 heterocycles. The topological polar surface area (TPSA) is 66.5 Å². The van der Waals surface area contributed by atoms with Crippen LogP contribution in [0.1, 0.15) is 56.9 Å². The first-order chi connectivity index (χ1) is 14.1. The molecule has 1 aromatic rings. The number of nitrogens with one attached hydrogen (secondary N) is 1. The molecule has 1 saturated heterocycles. The second-order valence-corrected chi connectivity index (χ2v) is 9.48. The van der Waals surface area contributed by atoms with Gasteiger partial charge >= 0.3 is 0 Å². The number of carbonyl (C=O) groups excluding carboxylic acids is 3. The minimum atomic E-state index is -0.732. The van der Waals surface area contributed by atoms with Gasteiger partial charge in [0.1, 0.15) is 6.04 Å². The molecule has 4 fully saturated rings. The number of rotatable bonds is 5. The fourth-order valence-corrected chi connectivity index (χ4v) is 6.42. The zero-order valence-electron chi connectivity index (χ0n) is 16.9. The number of imide groups is 1. The molecule has 5 rings (SSSR count).